The molecule has 0 fully saturated rings. The SMILES string of the molecule is CCc1ccc(C(Cc2ccc(OC(C)(C)C)cc2)C(=O)O)cc1. The molecule has 0 saturated carbocycles. The molecule has 0 aromatic heterocycles. The molecule has 0 aliphatic heterocycles. The third kappa shape index (κ3) is 5.12. The largest absolute Gasteiger partial charge is 0.488 e. The number of benzene rings is 2. The maximum atomic E-state index is 11.7. The fraction of sp³-hybridized carbons (Fsp3) is 0.381. The second-order valence-corrected chi connectivity index (χ2v) is 7.05. The van der Waals surface area contributed by atoms with E-state index in [2.05, 4.69) is 6.92 Å². The first kappa shape index (κ1) is 18.1. The molecule has 3 nitrogen and oxygen atoms in total. The van der Waals surface area contributed by atoms with E-state index in [0.717, 1.165) is 23.3 Å². The summed E-state index contributed by atoms with van der Waals surface area (Å²) in [6.45, 7) is 8.09. The van der Waals surface area contributed by atoms with E-state index in [1.165, 1.54) is 5.56 Å². The molecular weight excluding hydrogens is 300 g/mol. The van der Waals surface area contributed by atoms with Gasteiger partial charge in [0.25, 0.3) is 0 Å². The van der Waals surface area contributed by atoms with E-state index < -0.39 is 11.9 Å². The maximum absolute atomic E-state index is 11.7. The summed E-state index contributed by atoms with van der Waals surface area (Å²) in [5, 5.41) is 9.60. The molecule has 2 aromatic carbocycles. The van der Waals surface area contributed by atoms with Gasteiger partial charge in [0.1, 0.15) is 11.4 Å². The van der Waals surface area contributed by atoms with Gasteiger partial charge >= 0.3 is 5.97 Å². The summed E-state index contributed by atoms with van der Waals surface area (Å²) in [5.74, 6) is -0.537. The minimum Gasteiger partial charge on any atom is -0.488 e. The van der Waals surface area contributed by atoms with Crippen LogP contribution in [0.5, 0.6) is 5.75 Å². The number of aryl methyl sites for hydroxylation is 1. The van der Waals surface area contributed by atoms with Gasteiger partial charge in [-0.05, 0) is 62.4 Å². The molecule has 2 rings (SSSR count). The highest BCUT2D eigenvalue weighted by atomic mass is 16.5. The summed E-state index contributed by atoms with van der Waals surface area (Å²) >= 11 is 0. The summed E-state index contributed by atoms with van der Waals surface area (Å²) in [7, 11) is 0. The van der Waals surface area contributed by atoms with Gasteiger partial charge in [-0.2, -0.15) is 0 Å². The molecular formula is C21H26O3. The van der Waals surface area contributed by atoms with E-state index in [-0.39, 0.29) is 5.60 Å². The number of carbonyl (C=O) groups is 1. The Morgan fingerprint density at radius 2 is 1.54 bits per heavy atom. The van der Waals surface area contributed by atoms with Gasteiger partial charge in [0.15, 0.2) is 0 Å². The molecule has 128 valence electrons. The molecule has 1 N–H and O–H groups in total. The van der Waals surface area contributed by atoms with Crippen LogP contribution in [0.4, 0.5) is 0 Å². The fourth-order valence-electron chi connectivity index (χ4n) is 2.62. The molecule has 0 saturated heterocycles. The molecule has 1 atom stereocenters. The van der Waals surface area contributed by atoms with Gasteiger partial charge in [-0.15, -0.1) is 0 Å². The van der Waals surface area contributed by atoms with Crippen LogP contribution in [-0.2, 0) is 17.6 Å². The van der Waals surface area contributed by atoms with Crippen LogP contribution in [0.25, 0.3) is 0 Å². The lowest BCUT2D eigenvalue weighted by Crippen LogP contribution is -2.22. The Morgan fingerprint density at radius 1 is 1.00 bits per heavy atom. The predicted octanol–water partition coefficient (Wildman–Crippen LogP) is 4.84. The maximum Gasteiger partial charge on any atom is 0.311 e. The Balaban J connectivity index is 2.14. The summed E-state index contributed by atoms with van der Waals surface area (Å²) < 4.78 is 5.80. The van der Waals surface area contributed by atoms with Crippen molar-refractivity contribution in [3.63, 3.8) is 0 Å². The quantitative estimate of drug-likeness (QED) is 0.826. The normalized spacial score (nSPS) is 12.7. The van der Waals surface area contributed by atoms with E-state index >= 15 is 0 Å². The first-order valence-corrected chi connectivity index (χ1v) is 8.38. The number of aliphatic carboxylic acids is 1. The molecule has 0 radical (unpaired) electrons. The molecule has 0 spiro atoms. The van der Waals surface area contributed by atoms with E-state index in [9.17, 15) is 9.90 Å². The number of rotatable bonds is 6. The van der Waals surface area contributed by atoms with Gasteiger partial charge in [0.2, 0.25) is 0 Å². The van der Waals surface area contributed by atoms with Crippen LogP contribution in [0, 0.1) is 0 Å². The molecule has 0 aliphatic carbocycles. The van der Waals surface area contributed by atoms with Gasteiger partial charge in [0, 0.05) is 0 Å². The van der Waals surface area contributed by atoms with E-state index in [1.54, 1.807) is 0 Å². The van der Waals surface area contributed by atoms with Crippen molar-refractivity contribution in [2.24, 2.45) is 0 Å². The second-order valence-electron chi connectivity index (χ2n) is 7.05. The lowest BCUT2D eigenvalue weighted by molar-refractivity contribution is -0.138. The zero-order chi connectivity index (χ0) is 17.7. The monoisotopic (exact) mass is 326 g/mol. The number of carboxylic acid groups (broad SMARTS) is 1. The van der Waals surface area contributed by atoms with Crippen LogP contribution in [-0.4, -0.2) is 16.7 Å². The van der Waals surface area contributed by atoms with Crippen molar-refractivity contribution in [2.75, 3.05) is 0 Å². The van der Waals surface area contributed by atoms with Crippen molar-refractivity contribution < 1.29 is 14.6 Å². The lowest BCUT2D eigenvalue weighted by atomic mass is 9.91. The number of hydrogen-bond acceptors (Lipinski definition) is 2. The fourth-order valence-corrected chi connectivity index (χ4v) is 2.62. The van der Waals surface area contributed by atoms with Crippen LogP contribution in [0.2, 0.25) is 0 Å². The molecule has 0 amide bonds. The van der Waals surface area contributed by atoms with Crippen molar-refractivity contribution in [2.45, 2.75) is 52.1 Å². The smallest absolute Gasteiger partial charge is 0.311 e. The standard InChI is InChI=1S/C21H26O3/c1-5-15-6-10-17(11-7-15)19(20(22)23)14-16-8-12-18(13-9-16)24-21(2,3)4/h6-13,19H,5,14H2,1-4H3,(H,22,23). The highest BCUT2D eigenvalue weighted by Crippen LogP contribution is 2.24. The molecule has 3 heteroatoms. The minimum absolute atomic E-state index is 0.244. The molecule has 0 bridgehead atoms. The van der Waals surface area contributed by atoms with Crippen LogP contribution >= 0.6 is 0 Å². The molecule has 24 heavy (non-hydrogen) atoms. The van der Waals surface area contributed by atoms with Crippen molar-refractivity contribution in [3.05, 3.63) is 65.2 Å². The summed E-state index contributed by atoms with van der Waals surface area (Å²) in [6.07, 6.45) is 1.42. The topological polar surface area (TPSA) is 46.5 Å². The van der Waals surface area contributed by atoms with Crippen LogP contribution in [0.15, 0.2) is 48.5 Å². The van der Waals surface area contributed by atoms with Crippen LogP contribution < -0.4 is 4.74 Å². The van der Waals surface area contributed by atoms with Crippen molar-refractivity contribution >= 4 is 5.97 Å². The van der Waals surface area contributed by atoms with Crippen LogP contribution in [0.3, 0.4) is 0 Å². The van der Waals surface area contributed by atoms with E-state index in [1.807, 2.05) is 69.3 Å². The Morgan fingerprint density at radius 3 is 2.00 bits per heavy atom. The Labute approximate surface area is 144 Å². The highest BCUT2D eigenvalue weighted by Gasteiger charge is 2.20. The van der Waals surface area contributed by atoms with Gasteiger partial charge in [0.05, 0.1) is 5.92 Å². The predicted molar refractivity (Wildman–Crippen MR) is 96.7 cm³/mol. The number of carboxylic acids is 1. The van der Waals surface area contributed by atoms with Crippen molar-refractivity contribution in [1.82, 2.24) is 0 Å². The lowest BCUT2D eigenvalue weighted by Gasteiger charge is -2.21. The minimum atomic E-state index is -0.797. The highest BCUT2D eigenvalue weighted by molar-refractivity contribution is 5.76. The molecule has 0 heterocycles. The zero-order valence-corrected chi connectivity index (χ0v) is 14.9. The molecule has 1 unspecified atom stereocenters. The molecule has 0 aliphatic rings. The van der Waals surface area contributed by atoms with Gasteiger partial charge < -0.3 is 9.84 Å². The van der Waals surface area contributed by atoms with Crippen LogP contribution in [0.1, 0.15) is 50.3 Å². The second kappa shape index (κ2) is 7.52. The average Bonchev–Trinajstić information content (AvgIpc) is 2.52. The van der Waals surface area contributed by atoms with E-state index in [0.29, 0.717) is 6.42 Å². The summed E-state index contributed by atoms with van der Waals surface area (Å²) in [5.41, 5.74) is 2.80. The summed E-state index contributed by atoms with van der Waals surface area (Å²) in [6, 6.07) is 15.6. The third-order valence-electron chi connectivity index (χ3n) is 3.88. The van der Waals surface area contributed by atoms with Gasteiger partial charge in [-0.1, -0.05) is 43.3 Å². The zero-order valence-electron chi connectivity index (χ0n) is 14.9. The third-order valence-corrected chi connectivity index (χ3v) is 3.88. The van der Waals surface area contributed by atoms with Crippen molar-refractivity contribution in [1.29, 1.82) is 0 Å². The average molecular weight is 326 g/mol. The van der Waals surface area contributed by atoms with Crippen molar-refractivity contribution in [3.8, 4) is 5.75 Å². The van der Waals surface area contributed by atoms with Gasteiger partial charge in [-0.25, -0.2) is 0 Å². The Bertz CT molecular complexity index is 664. The summed E-state index contributed by atoms with van der Waals surface area (Å²) in [4.78, 5) is 11.7. The first-order valence-electron chi connectivity index (χ1n) is 8.38. The molecule has 2 aromatic rings. The number of hydrogen-bond donors (Lipinski definition) is 1. The Kier molecular flexibility index (Phi) is 5.66. The number of ether oxygens (including phenoxy) is 1. The first-order chi connectivity index (χ1) is 11.3. The van der Waals surface area contributed by atoms with Gasteiger partial charge in [-0.3, -0.25) is 4.79 Å². The van der Waals surface area contributed by atoms with E-state index in [4.69, 9.17) is 4.74 Å². The Hall–Kier alpha value is -2.29.